The molecule has 0 radical (unpaired) electrons. The van der Waals surface area contributed by atoms with Crippen LogP contribution in [0.4, 0.5) is 11.8 Å². The lowest BCUT2D eigenvalue weighted by atomic mass is 10.2. The molecular formula is C17H23N5O2S. The first-order chi connectivity index (χ1) is 12.0. The Kier molecular flexibility index (Phi) is 5.17. The summed E-state index contributed by atoms with van der Waals surface area (Å²) in [5.41, 5.74) is 1.16. The molecule has 134 valence electrons. The zero-order valence-electron chi connectivity index (χ0n) is 14.5. The van der Waals surface area contributed by atoms with Crippen molar-refractivity contribution in [3.05, 3.63) is 42.1 Å². The maximum absolute atomic E-state index is 11.8. The highest BCUT2D eigenvalue weighted by molar-refractivity contribution is 7.91. The zero-order valence-corrected chi connectivity index (χ0v) is 15.4. The second kappa shape index (κ2) is 7.35. The third-order valence-corrected chi connectivity index (χ3v) is 6.17. The minimum atomic E-state index is -2.94. The maximum Gasteiger partial charge on any atom is 0.247 e. The van der Waals surface area contributed by atoms with Gasteiger partial charge in [0.05, 0.1) is 17.7 Å². The standard InChI is InChI=1S/C17H23N5O2S/c1-3-22(15-9-10-25(23,24)13-15)16-11-18-20-17(19-16)21(2)12-14-7-5-4-6-8-14/h4-8,11,15H,3,9-10,12-13H2,1-2H3. The van der Waals surface area contributed by atoms with Gasteiger partial charge in [-0.25, -0.2) is 8.42 Å². The fourth-order valence-corrected chi connectivity index (χ4v) is 4.87. The molecule has 3 rings (SSSR count). The van der Waals surface area contributed by atoms with Crippen molar-refractivity contribution in [2.24, 2.45) is 0 Å². The highest BCUT2D eigenvalue weighted by atomic mass is 32.2. The molecule has 0 aliphatic carbocycles. The molecule has 1 unspecified atom stereocenters. The molecule has 0 amide bonds. The Balaban J connectivity index is 1.78. The Morgan fingerprint density at radius 1 is 1.24 bits per heavy atom. The van der Waals surface area contributed by atoms with Gasteiger partial charge in [-0.1, -0.05) is 30.3 Å². The zero-order chi connectivity index (χ0) is 17.9. The summed E-state index contributed by atoms with van der Waals surface area (Å²) in [5.74, 6) is 1.63. The van der Waals surface area contributed by atoms with Gasteiger partial charge in [0.25, 0.3) is 0 Å². The molecule has 0 spiro atoms. The van der Waals surface area contributed by atoms with E-state index in [0.29, 0.717) is 31.3 Å². The van der Waals surface area contributed by atoms with Gasteiger partial charge in [0.2, 0.25) is 5.95 Å². The number of hydrogen-bond donors (Lipinski definition) is 0. The molecule has 0 bridgehead atoms. The lowest BCUT2D eigenvalue weighted by molar-refractivity contribution is 0.599. The number of nitrogens with zero attached hydrogens (tertiary/aromatic N) is 5. The van der Waals surface area contributed by atoms with Crippen LogP contribution in [0.2, 0.25) is 0 Å². The molecule has 0 N–H and O–H groups in total. The maximum atomic E-state index is 11.8. The molecule has 1 atom stereocenters. The summed E-state index contributed by atoms with van der Waals surface area (Å²) in [7, 11) is -1.02. The molecular weight excluding hydrogens is 338 g/mol. The highest BCUT2D eigenvalue weighted by Crippen LogP contribution is 2.23. The molecule has 1 fully saturated rings. The quantitative estimate of drug-likeness (QED) is 0.772. The summed E-state index contributed by atoms with van der Waals surface area (Å²) in [4.78, 5) is 8.56. The molecule has 7 nitrogen and oxygen atoms in total. The van der Waals surface area contributed by atoms with E-state index in [1.54, 1.807) is 6.20 Å². The van der Waals surface area contributed by atoms with E-state index < -0.39 is 9.84 Å². The number of aromatic nitrogens is 3. The predicted molar refractivity (Wildman–Crippen MR) is 98.5 cm³/mol. The van der Waals surface area contributed by atoms with E-state index in [1.165, 1.54) is 0 Å². The van der Waals surface area contributed by atoms with Gasteiger partial charge in [-0.2, -0.15) is 10.1 Å². The molecule has 1 aromatic carbocycles. The Labute approximate surface area is 148 Å². The fraction of sp³-hybridized carbons (Fsp3) is 0.471. The Morgan fingerprint density at radius 2 is 2.00 bits per heavy atom. The van der Waals surface area contributed by atoms with Crippen LogP contribution in [0.5, 0.6) is 0 Å². The van der Waals surface area contributed by atoms with Gasteiger partial charge in [0.1, 0.15) is 0 Å². The van der Waals surface area contributed by atoms with E-state index in [0.717, 1.165) is 5.56 Å². The van der Waals surface area contributed by atoms with Crippen LogP contribution in [0.1, 0.15) is 18.9 Å². The summed E-state index contributed by atoms with van der Waals surface area (Å²) in [5, 5.41) is 8.21. The molecule has 1 aromatic heterocycles. The highest BCUT2D eigenvalue weighted by Gasteiger charge is 2.32. The van der Waals surface area contributed by atoms with Crippen LogP contribution in [0.15, 0.2) is 36.5 Å². The van der Waals surface area contributed by atoms with Crippen molar-refractivity contribution in [3.8, 4) is 0 Å². The topological polar surface area (TPSA) is 79.3 Å². The monoisotopic (exact) mass is 361 g/mol. The molecule has 1 aliphatic heterocycles. The third kappa shape index (κ3) is 4.25. The minimum Gasteiger partial charge on any atom is -0.351 e. The Bertz CT molecular complexity index is 813. The molecule has 1 saturated heterocycles. The van der Waals surface area contributed by atoms with E-state index >= 15 is 0 Å². The van der Waals surface area contributed by atoms with E-state index in [9.17, 15) is 8.42 Å². The summed E-state index contributed by atoms with van der Waals surface area (Å²) in [6, 6.07) is 10.0. The summed E-state index contributed by atoms with van der Waals surface area (Å²) in [6.07, 6.45) is 2.24. The van der Waals surface area contributed by atoms with Crippen molar-refractivity contribution in [1.29, 1.82) is 0 Å². The van der Waals surface area contributed by atoms with Crippen molar-refractivity contribution in [2.45, 2.75) is 25.9 Å². The van der Waals surface area contributed by atoms with Crippen LogP contribution >= 0.6 is 0 Å². The van der Waals surface area contributed by atoms with Crippen LogP contribution in [-0.4, -0.2) is 54.7 Å². The fourth-order valence-electron chi connectivity index (χ4n) is 3.14. The lowest BCUT2D eigenvalue weighted by Crippen LogP contribution is -2.37. The Morgan fingerprint density at radius 3 is 2.64 bits per heavy atom. The first-order valence-corrected chi connectivity index (χ1v) is 10.2. The van der Waals surface area contributed by atoms with Crippen molar-refractivity contribution >= 4 is 21.6 Å². The minimum absolute atomic E-state index is 0.0426. The van der Waals surface area contributed by atoms with Crippen molar-refractivity contribution in [1.82, 2.24) is 15.2 Å². The number of rotatable bonds is 6. The van der Waals surface area contributed by atoms with Gasteiger partial charge in [0, 0.05) is 26.2 Å². The van der Waals surface area contributed by atoms with Crippen LogP contribution in [-0.2, 0) is 16.4 Å². The average Bonchev–Trinajstić information content (AvgIpc) is 2.96. The summed E-state index contributed by atoms with van der Waals surface area (Å²) < 4.78 is 23.6. The molecule has 2 aromatic rings. The van der Waals surface area contributed by atoms with Crippen LogP contribution in [0.25, 0.3) is 0 Å². The average molecular weight is 361 g/mol. The van der Waals surface area contributed by atoms with Gasteiger partial charge in [-0.3, -0.25) is 0 Å². The molecule has 8 heteroatoms. The SMILES string of the molecule is CCN(c1cnnc(N(C)Cc2ccccc2)n1)C1CCS(=O)(=O)C1. The van der Waals surface area contributed by atoms with Crippen molar-refractivity contribution in [2.75, 3.05) is 34.9 Å². The molecule has 1 aliphatic rings. The van der Waals surface area contributed by atoms with E-state index in [2.05, 4.69) is 27.3 Å². The molecule has 0 saturated carbocycles. The van der Waals surface area contributed by atoms with Crippen LogP contribution in [0, 0.1) is 0 Å². The predicted octanol–water partition coefficient (Wildman–Crippen LogP) is 1.52. The first-order valence-electron chi connectivity index (χ1n) is 8.40. The third-order valence-electron chi connectivity index (χ3n) is 4.42. The van der Waals surface area contributed by atoms with Crippen molar-refractivity contribution in [3.63, 3.8) is 0 Å². The first kappa shape index (κ1) is 17.6. The number of hydrogen-bond acceptors (Lipinski definition) is 7. The van der Waals surface area contributed by atoms with Crippen LogP contribution in [0.3, 0.4) is 0 Å². The van der Waals surface area contributed by atoms with Crippen LogP contribution < -0.4 is 9.80 Å². The van der Waals surface area contributed by atoms with Gasteiger partial charge in [-0.15, -0.1) is 5.10 Å². The largest absolute Gasteiger partial charge is 0.351 e. The van der Waals surface area contributed by atoms with Crippen molar-refractivity contribution < 1.29 is 8.42 Å². The van der Waals surface area contributed by atoms with Gasteiger partial charge < -0.3 is 9.80 Å². The van der Waals surface area contributed by atoms with Gasteiger partial charge in [-0.05, 0) is 18.9 Å². The number of anilines is 2. The molecule has 2 heterocycles. The smallest absolute Gasteiger partial charge is 0.247 e. The lowest BCUT2D eigenvalue weighted by Gasteiger charge is -2.28. The summed E-state index contributed by atoms with van der Waals surface area (Å²) in [6.45, 7) is 3.36. The number of sulfone groups is 1. The van der Waals surface area contributed by atoms with Gasteiger partial charge in [0.15, 0.2) is 15.7 Å². The van der Waals surface area contributed by atoms with Gasteiger partial charge >= 0.3 is 0 Å². The van der Waals surface area contributed by atoms with E-state index in [4.69, 9.17) is 0 Å². The molecule has 25 heavy (non-hydrogen) atoms. The number of benzene rings is 1. The second-order valence-corrected chi connectivity index (χ2v) is 8.53. The van der Waals surface area contributed by atoms with E-state index in [-0.39, 0.29) is 17.5 Å². The summed E-state index contributed by atoms with van der Waals surface area (Å²) >= 11 is 0. The Hall–Kier alpha value is -2.22. The van der Waals surface area contributed by atoms with E-state index in [1.807, 2.05) is 42.0 Å². The second-order valence-electron chi connectivity index (χ2n) is 6.30. The normalized spacial score (nSPS) is 18.9.